The summed E-state index contributed by atoms with van der Waals surface area (Å²) in [6.07, 6.45) is 0. The largest absolute Gasteiger partial charge is 0.310 e. The molecule has 0 saturated heterocycles. The lowest BCUT2D eigenvalue weighted by Crippen LogP contribution is -2.16. The van der Waals surface area contributed by atoms with Crippen LogP contribution in [0, 0.1) is 0 Å². The van der Waals surface area contributed by atoms with Crippen molar-refractivity contribution in [3.8, 4) is 66.8 Å². The maximum atomic E-state index is 2.45. The molecule has 0 amide bonds. The zero-order chi connectivity index (χ0) is 43.5. The zero-order valence-corrected chi connectivity index (χ0v) is 37.5. The van der Waals surface area contributed by atoms with Crippen molar-refractivity contribution in [1.29, 1.82) is 0 Å². The van der Waals surface area contributed by atoms with Crippen molar-refractivity contribution >= 4 is 17.1 Å². The van der Waals surface area contributed by atoms with Crippen LogP contribution in [0.1, 0.15) is 74.9 Å². The standard InChI is InChI=1S/C63H51N/c1-61(2)54-30-11-8-23-51(54)58-46(25-16-32-56(58)61)41-18-13-20-44(38-41)64(43-36-34-40(35-37-43)48-27-15-28-50-49-22-7-10-29-53(49)63(5,6)60(48)50)45-21-14-19-42(39-45)47-26-17-33-57-59(47)52-24-9-12-31-55(52)62(57,3)4/h7-39H,1-6H3. The van der Waals surface area contributed by atoms with Crippen LogP contribution in [-0.2, 0) is 16.2 Å². The van der Waals surface area contributed by atoms with Crippen LogP contribution >= 0.6 is 0 Å². The lowest BCUT2D eigenvalue weighted by atomic mass is 9.79. The highest BCUT2D eigenvalue weighted by molar-refractivity contribution is 5.96. The first-order chi connectivity index (χ1) is 31.0. The SMILES string of the molecule is CC1(C)c2ccccc2-c2c(-c3cccc(N(c4ccc(-c5cccc6c5C(C)(C)c5ccccc5-6)cc4)c4cccc(-c5cccc6c5-c5ccccc5C6(C)C)c4)c3)cccc21. The fraction of sp³-hybridized carbons (Fsp3) is 0.143. The van der Waals surface area contributed by atoms with E-state index >= 15 is 0 Å². The molecule has 0 aromatic heterocycles. The van der Waals surface area contributed by atoms with Gasteiger partial charge >= 0.3 is 0 Å². The van der Waals surface area contributed by atoms with E-state index in [1.54, 1.807) is 0 Å². The van der Waals surface area contributed by atoms with Crippen LogP contribution in [0.4, 0.5) is 17.1 Å². The smallest absolute Gasteiger partial charge is 0.0467 e. The number of hydrogen-bond donors (Lipinski definition) is 0. The molecular formula is C63H51N. The Kier molecular flexibility index (Phi) is 8.35. The van der Waals surface area contributed by atoms with Crippen molar-refractivity contribution in [2.75, 3.05) is 4.90 Å². The summed E-state index contributed by atoms with van der Waals surface area (Å²) in [5, 5.41) is 0. The first kappa shape index (κ1) is 38.5. The minimum absolute atomic E-state index is 0.0714. The number of fused-ring (bicyclic) bond motifs is 9. The third-order valence-electron chi connectivity index (χ3n) is 15.1. The van der Waals surface area contributed by atoms with Gasteiger partial charge in [0.1, 0.15) is 0 Å². The van der Waals surface area contributed by atoms with Gasteiger partial charge in [0, 0.05) is 33.3 Å². The van der Waals surface area contributed by atoms with Gasteiger partial charge in [-0.3, -0.25) is 0 Å². The number of rotatable bonds is 6. The fourth-order valence-electron chi connectivity index (χ4n) is 11.9. The Balaban J connectivity index is 1.02. The highest BCUT2D eigenvalue weighted by atomic mass is 15.1. The van der Waals surface area contributed by atoms with E-state index in [1.807, 2.05) is 0 Å². The van der Waals surface area contributed by atoms with E-state index in [9.17, 15) is 0 Å². The highest BCUT2D eigenvalue weighted by Gasteiger charge is 2.39. The summed E-state index contributed by atoms with van der Waals surface area (Å²) in [7, 11) is 0. The predicted molar refractivity (Wildman–Crippen MR) is 270 cm³/mol. The minimum atomic E-state index is -0.102. The molecular weight excluding hydrogens is 771 g/mol. The summed E-state index contributed by atoms with van der Waals surface area (Å²) in [6, 6.07) is 75.1. The number of anilines is 3. The summed E-state index contributed by atoms with van der Waals surface area (Å²) >= 11 is 0. The first-order valence-electron chi connectivity index (χ1n) is 22.8. The Morgan fingerprint density at radius 2 is 0.656 bits per heavy atom. The van der Waals surface area contributed by atoms with Gasteiger partial charge in [-0.1, -0.05) is 205 Å². The van der Waals surface area contributed by atoms with Crippen LogP contribution in [0.3, 0.4) is 0 Å². The zero-order valence-electron chi connectivity index (χ0n) is 37.5. The van der Waals surface area contributed by atoms with Crippen LogP contribution in [0.25, 0.3) is 66.8 Å². The third-order valence-corrected chi connectivity index (χ3v) is 15.1. The number of nitrogens with zero attached hydrogens (tertiary/aromatic N) is 1. The van der Waals surface area contributed by atoms with Crippen LogP contribution in [0.15, 0.2) is 200 Å². The second-order valence-electron chi connectivity index (χ2n) is 19.7. The molecule has 0 radical (unpaired) electrons. The van der Waals surface area contributed by atoms with Gasteiger partial charge < -0.3 is 4.90 Å². The van der Waals surface area contributed by atoms with Gasteiger partial charge in [0.25, 0.3) is 0 Å². The van der Waals surface area contributed by atoms with Crippen LogP contribution in [0.5, 0.6) is 0 Å². The fourth-order valence-corrected chi connectivity index (χ4v) is 11.9. The molecule has 0 N–H and O–H groups in total. The molecule has 12 rings (SSSR count). The van der Waals surface area contributed by atoms with Gasteiger partial charge in [-0.15, -0.1) is 0 Å². The summed E-state index contributed by atoms with van der Waals surface area (Å²) in [5.74, 6) is 0. The molecule has 1 heteroatoms. The Hall–Kier alpha value is -7.22. The Bertz CT molecular complexity index is 3210. The Morgan fingerprint density at radius 1 is 0.266 bits per heavy atom. The average Bonchev–Trinajstić information content (AvgIpc) is 3.82. The van der Waals surface area contributed by atoms with Crippen molar-refractivity contribution in [3.63, 3.8) is 0 Å². The molecule has 0 bridgehead atoms. The van der Waals surface area contributed by atoms with Gasteiger partial charge in [0.15, 0.2) is 0 Å². The lowest BCUT2D eigenvalue weighted by Gasteiger charge is -2.28. The normalized spacial score (nSPS) is 15.1. The van der Waals surface area contributed by atoms with E-state index in [1.165, 1.54) is 100 Å². The summed E-state index contributed by atoms with van der Waals surface area (Å²) in [6.45, 7) is 14.2. The highest BCUT2D eigenvalue weighted by Crippen LogP contribution is 2.55. The van der Waals surface area contributed by atoms with Crippen molar-refractivity contribution in [2.24, 2.45) is 0 Å². The van der Waals surface area contributed by atoms with Crippen molar-refractivity contribution in [3.05, 3.63) is 234 Å². The topological polar surface area (TPSA) is 3.24 Å². The van der Waals surface area contributed by atoms with E-state index in [0.29, 0.717) is 0 Å². The van der Waals surface area contributed by atoms with Gasteiger partial charge in [-0.2, -0.15) is 0 Å². The molecule has 0 spiro atoms. The second-order valence-corrected chi connectivity index (χ2v) is 19.7. The molecule has 308 valence electrons. The predicted octanol–water partition coefficient (Wildman–Crippen LogP) is 17.1. The monoisotopic (exact) mass is 821 g/mol. The molecule has 0 atom stereocenters. The van der Waals surface area contributed by atoms with E-state index < -0.39 is 0 Å². The molecule has 0 aliphatic heterocycles. The second kappa shape index (κ2) is 13.9. The van der Waals surface area contributed by atoms with Crippen molar-refractivity contribution in [1.82, 2.24) is 0 Å². The van der Waals surface area contributed by atoms with Gasteiger partial charge in [-0.25, -0.2) is 0 Å². The molecule has 0 heterocycles. The molecule has 9 aromatic rings. The van der Waals surface area contributed by atoms with E-state index in [0.717, 1.165) is 17.1 Å². The van der Waals surface area contributed by atoms with E-state index in [-0.39, 0.29) is 16.2 Å². The summed E-state index contributed by atoms with van der Waals surface area (Å²) < 4.78 is 0. The summed E-state index contributed by atoms with van der Waals surface area (Å²) in [4.78, 5) is 2.45. The Morgan fingerprint density at radius 3 is 1.19 bits per heavy atom. The molecule has 0 saturated carbocycles. The molecule has 0 fully saturated rings. The van der Waals surface area contributed by atoms with Crippen molar-refractivity contribution in [2.45, 2.75) is 57.8 Å². The molecule has 0 unspecified atom stereocenters. The lowest BCUT2D eigenvalue weighted by molar-refractivity contribution is 0.660. The first-order valence-corrected chi connectivity index (χ1v) is 22.8. The van der Waals surface area contributed by atoms with E-state index in [2.05, 4.69) is 247 Å². The maximum absolute atomic E-state index is 2.45. The molecule has 3 aliphatic rings. The van der Waals surface area contributed by atoms with Gasteiger partial charge in [-0.05, 0) is 137 Å². The minimum Gasteiger partial charge on any atom is -0.310 e. The molecule has 3 aliphatic carbocycles. The van der Waals surface area contributed by atoms with E-state index in [4.69, 9.17) is 0 Å². The van der Waals surface area contributed by atoms with Gasteiger partial charge in [0.05, 0.1) is 0 Å². The Labute approximate surface area is 378 Å². The molecule has 9 aromatic carbocycles. The molecule has 64 heavy (non-hydrogen) atoms. The number of hydrogen-bond acceptors (Lipinski definition) is 1. The number of benzene rings is 9. The van der Waals surface area contributed by atoms with Crippen LogP contribution < -0.4 is 4.90 Å². The van der Waals surface area contributed by atoms with Crippen LogP contribution in [-0.4, -0.2) is 0 Å². The maximum Gasteiger partial charge on any atom is 0.0467 e. The van der Waals surface area contributed by atoms with Gasteiger partial charge in [0.2, 0.25) is 0 Å². The molecule has 1 nitrogen and oxygen atoms in total. The third kappa shape index (κ3) is 5.50. The van der Waals surface area contributed by atoms with Crippen molar-refractivity contribution < 1.29 is 0 Å². The quantitative estimate of drug-likeness (QED) is 0.161. The average molecular weight is 822 g/mol. The summed E-state index contributed by atoms with van der Waals surface area (Å²) in [5.41, 5.74) is 27.0. The van der Waals surface area contributed by atoms with Crippen LogP contribution in [0.2, 0.25) is 0 Å².